The molecule has 2 aromatic rings. The lowest BCUT2D eigenvalue weighted by molar-refractivity contribution is -0.124. The lowest BCUT2D eigenvalue weighted by Crippen LogP contribution is -2.49. The normalized spacial score (nSPS) is 18.2. The highest BCUT2D eigenvalue weighted by atomic mass is 16.5. The van der Waals surface area contributed by atoms with Gasteiger partial charge in [-0.15, -0.1) is 0 Å². The van der Waals surface area contributed by atoms with Gasteiger partial charge >= 0.3 is 0 Å². The molecule has 0 spiro atoms. The van der Waals surface area contributed by atoms with Crippen LogP contribution < -0.4 is 20.6 Å². The molecule has 0 aliphatic carbocycles. The van der Waals surface area contributed by atoms with Crippen molar-refractivity contribution < 1.29 is 14.3 Å². The number of nitrogens with zero attached hydrogens (tertiary/aromatic N) is 2. The number of methoxy groups -OCH3 is 1. The van der Waals surface area contributed by atoms with Gasteiger partial charge in [0.1, 0.15) is 12.1 Å². The summed E-state index contributed by atoms with van der Waals surface area (Å²) in [6.07, 6.45) is 4.34. The molecule has 0 radical (unpaired) electrons. The van der Waals surface area contributed by atoms with Crippen LogP contribution in [0.15, 0.2) is 23.1 Å². The predicted octanol–water partition coefficient (Wildman–Crippen LogP) is 0.650. The molecule has 8 nitrogen and oxygen atoms in total. The van der Waals surface area contributed by atoms with Crippen LogP contribution in [0.25, 0.3) is 11.0 Å². The third-order valence-electron chi connectivity index (χ3n) is 4.45. The first-order valence-corrected chi connectivity index (χ1v) is 8.32. The van der Waals surface area contributed by atoms with Gasteiger partial charge in [0.05, 0.1) is 18.7 Å². The van der Waals surface area contributed by atoms with Crippen molar-refractivity contribution in [2.24, 2.45) is 5.73 Å². The number of nitrogens with two attached hydrogens (primary N) is 1. The average molecular weight is 346 g/mol. The number of primary amides is 1. The van der Waals surface area contributed by atoms with Crippen LogP contribution in [0.2, 0.25) is 0 Å². The average Bonchev–Trinajstić information content (AvgIpc) is 2.63. The molecule has 0 aromatic carbocycles. The van der Waals surface area contributed by atoms with Crippen LogP contribution in [0.5, 0.6) is 11.6 Å². The van der Waals surface area contributed by atoms with Crippen molar-refractivity contribution in [2.45, 2.75) is 25.3 Å². The van der Waals surface area contributed by atoms with E-state index < -0.39 is 0 Å². The largest absolute Gasteiger partial charge is 0.487 e. The molecule has 1 amide bonds. The second-order valence-electron chi connectivity index (χ2n) is 6.03. The number of hydrogen-bond donors (Lipinski definition) is 2. The quantitative estimate of drug-likeness (QED) is 0.794. The van der Waals surface area contributed by atoms with E-state index in [4.69, 9.17) is 15.2 Å². The molecular formula is C17H22N4O4. The molecule has 1 saturated heterocycles. The zero-order chi connectivity index (χ0) is 17.8. The highest BCUT2D eigenvalue weighted by molar-refractivity contribution is 5.80. The fourth-order valence-corrected chi connectivity index (χ4v) is 3.13. The molecule has 1 fully saturated rings. The van der Waals surface area contributed by atoms with Crippen LogP contribution in [0.3, 0.4) is 0 Å². The smallest absolute Gasteiger partial charge is 0.249 e. The Morgan fingerprint density at radius 2 is 2.28 bits per heavy atom. The number of pyridine rings is 2. The molecule has 3 rings (SSSR count). The number of carbonyl (C=O) groups is 1. The molecule has 1 atom stereocenters. The summed E-state index contributed by atoms with van der Waals surface area (Å²) in [7, 11) is 1.50. The van der Waals surface area contributed by atoms with Crippen LogP contribution in [0.4, 0.5) is 0 Å². The molecule has 0 saturated carbocycles. The lowest BCUT2D eigenvalue weighted by Gasteiger charge is -2.33. The van der Waals surface area contributed by atoms with Crippen molar-refractivity contribution in [3.8, 4) is 11.6 Å². The van der Waals surface area contributed by atoms with E-state index in [-0.39, 0.29) is 28.6 Å². The van der Waals surface area contributed by atoms with Crippen LogP contribution in [-0.2, 0) is 4.79 Å². The number of hydrogen-bond acceptors (Lipinski definition) is 6. The topological polar surface area (TPSA) is 111 Å². The third kappa shape index (κ3) is 3.74. The maximum Gasteiger partial charge on any atom is 0.249 e. The van der Waals surface area contributed by atoms with Crippen molar-refractivity contribution >= 4 is 16.9 Å². The van der Waals surface area contributed by atoms with Gasteiger partial charge in [-0.05, 0) is 25.5 Å². The number of nitrogens with one attached hydrogen (secondary N) is 1. The highest BCUT2D eigenvalue weighted by Gasteiger charge is 2.26. The van der Waals surface area contributed by atoms with Gasteiger partial charge in [0, 0.05) is 18.8 Å². The maximum absolute atomic E-state index is 12.5. The summed E-state index contributed by atoms with van der Waals surface area (Å²) in [5.41, 5.74) is 6.05. The molecule has 0 bridgehead atoms. The van der Waals surface area contributed by atoms with Crippen molar-refractivity contribution in [3.63, 3.8) is 0 Å². The summed E-state index contributed by atoms with van der Waals surface area (Å²) >= 11 is 0. The number of ether oxygens (including phenoxy) is 2. The molecule has 2 aromatic heterocycles. The van der Waals surface area contributed by atoms with E-state index in [1.54, 1.807) is 12.1 Å². The Balaban J connectivity index is 1.69. The Morgan fingerprint density at radius 3 is 3.04 bits per heavy atom. The van der Waals surface area contributed by atoms with Crippen molar-refractivity contribution in [1.82, 2.24) is 14.9 Å². The van der Waals surface area contributed by atoms with Crippen LogP contribution in [-0.4, -0.2) is 53.6 Å². The van der Waals surface area contributed by atoms with Crippen molar-refractivity contribution in [2.75, 3.05) is 26.8 Å². The number of fused-ring (bicyclic) bond motifs is 1. The summed E-state index contributed by atoms with van der Waals surface area (Å²) in [4.78, 5) is 33.2. The third-order valence-corrected chi connectivity index (χ3v) is 4.45. The van der Waals surface area contributed by atoms with E-state index in [1.165, 1.54) is 13.3 Å². The van der Waals surface area contributed by atoms with E-state index in [0.717, 1.165) is 25.8 Å². The van der Waals surface area contributed by atoms with Gasteiger partial charge in [-0.3, -0.25) is 14.5 Å². The second kappa shape index (κ2) is 7.52. The summed E-state index contributed by atoms with van der Waals surface area (Å²) in [6.45, 7) is 1.64. The molecule has 1 aliphatic rings. The fourth-order valence-electron chi connectivity index (χ4n) is 3.13. The van der Waals surface area contributed by atoms with E-state index in [2.05, 4.69) is 9.97 Å². The zero-order valence-electron chi connectivity index (χ0n) is 14.2. The zero-order valence-corrected chi connectivity index (χ0v) is 14.2. The molecule has 1 aliphatic heterocycles. The van der Waals surface area contributed by atoms with E-state index >= 15 is 0 Å². The molecule has 1 unspecified atom stereocenters. The summed E-state index contributed by atoms with van der Waals surface area (Å²) in [6, 6.07) is 3.16. The standard InChI is InChI=1S/C17H22N4O4/c1-24-14-6-5-11-15(20-14)16(22)13(10-19-11)25-9-8-21-7-3-2-4-12(21)17(18)23/h5-6,10,12H,2-4,7-9H2,1H3,(H2,18,23)(H,19,22). The molecular weight excluding hydrogens is 324 g/mol. The predicted molar refractivity (Wildman–Crippen MR) is 92.8 cm³/mol. The number of likely N-dealkylation sites (tertiary alicyclic amines) is 1. The van der Waals surface area contributed by atoms with Crippen LogP contribution in [0.1, 0.15) is 19.3 Å². The van der Waals surface area contributed by atoms with Gasteiger partial charge in [0.15, 0.2) is 5.75 Å². The van der Waals surface area contributed by atoms with Gasteiger partial charge in [0.25, 0.3) is 0 Å². The van der Waals surface area contributed by atoms with Gasteiger partial charge in [0.2, 0.25) is 17.2 Å². The minimum Gasteiger partial charge on any atom is -0.487 e. The Hall–Kier alpha value is -2.61. The molecule has 3 N–H and O–H groups in total. The lowest BCUT2D eigenvalue weighted by atomic mass is 10.0. The second-order valence-corrected chi connectivity index (χ2v) is 6.03. The number of piperidine rings is 1. The SMILES string of the molecule is COc1ccc2[nH]cc(OCCN3CCCCC3C(N)=O)c(=O)c2n1. The van der Waals surface area contributed by atoms with Gasteiger partial charge in [-0.1, -0.05) is 6.42 Å². The summed E-state index contributed by atoms with van der Waals surface area (Å²) < 4.78 is 10.7. The number of carbonyl (C=O) groups excluding carboxylic acids is 1. The molecule has 25 heavy (non-hydrogen) atoms. The number of amides is 1. The number of H-pyrrole nitrogens is 1. The molecule has 134 valence electrons. The van der Waals surface area contributed by atoms with Crippen molar-refractivity contribution in [3.05, 3.63) is 28.6 Å². The Morgan fingerprint density at radius 1 is 1.44 bits per heavy atom. The number of aromatic nitrogens is 2. The fraction of sp³-hybridized carbons (Fsp3) is 0.471. The Bertz CT molecular complexity index is 820. The van der Waals surface area contributed by atoms with Gasteiger partial charge in [-0.25, -0.2) is 4.98 Å². The minimum atomic E-state index is -0.306. The first-order valence-electron chi connectivity index (χ1n) is 8.32. The number of rotatable bonds is 6. The van der Waals surface area contributed by atoms with Gasteiger partial charge in [-0.2, -0.15) is 0 Å². The Kier molecular flexibility index (Phi) is 5.18. The van der Waals surface area contributed by atoms with E-state index in [1.807, 2.05) is 4.90 Å². The maximum atomic E-state index is 12.5. The first-order chi connectivity index (χ1) is 12.1. The summed E-state index contributed by atoms with van der Waals surface area (Å²) in [5, 5.41) is 0. The number of aromatic amines is 1. The first kappa shape index (κ1) is 17.2. The highest BCUT2D eigenvalue weighted by Crippen LogP contribution is 2.17. The van der Waals surface area contributed by atoms with Crippen LogP contribution >= 0.6 is 0 Å². The summed E-state index contributed by atoms with van der Waals surface area (Å²) in [5.74, 6) is 0.258. The van der Waals surface area contributed by atoms with Crippen LogP contribution in [0, 0.1) is 0 Å². The monoisotopic (exact) mass is 346 g/mol. The molecule has 3 heterocycles. The van der Waals surface area contributed by atoms with Gasteiger partial charge < -0.3 is 20.2 Å². The van der Waals surface area contributed by atoms with E-state index in [9.17, 15) is 9.59 Å². The molecule has 8 heteroatoms. The minimum absolute atomic E-state index is 0.195. The Labute approximate surface area is 144 Å². The van der Waals surface area contributed by atoms with E-state index in [0.29, 0.717) is 24.5 Å². The van der Waals surface area contributed by atoms with Crippen molar-refractivity contribution in [1.29, 1.82) is 0 Å².